The number of esters is 1. The standard InChI is InChI=1S/C18H14N2O3/c1-12-9-20-16(10-19-12)18(22)23-11-17(21)15-7-6-13-4-2-3-5-14(13)8-15/h2-10H,11H2,1H3. The molecule has 2 aromatic carbocycles. The second-order valence-corrected chi connectivity index (χ2v) is 5.10. The average Bonchev–Trinajstić information content (AvgIpc) is 2.59. The third-order valence-corrected chi connectivity index (χ3v) is 3.40. The van der Waals surface area contributed by atoms with Crippen molar-refractivity contribution in [3.8, 4) is 0 Å². The van der Waals surface area contributed by atoms with Crippen LogP contribution in [0, 0.1) is 6.92 Å². The average molecular weight is 306 g/mol. The summed E-state index contributed by atoms with van der Waals surface area (Å²) in [4.78, 5) is 31.9. The Morgan fingerprint density at radius 3 is 2.52 bits per heavy atom. The summed E-state index contributed by atoms with van der Waals surface area (Å²) in [7, 11) is 0. The van der Waals surface area contributed by atoms with Crippen LogP contribution in [0.25, 0.3) is 10.8 Å². The molecule has 5 heteroatoms. The Labute approximate surface area is 133 Å². The minimum Gasteiger partial charge on any atom is -0.453 e. The first kappa shape index (κ1) is 14.8. The van der Waals surface area contributed by atoms with Gasteiger partial charge in [0.15, 0.2) is 18.1 Å². The number of Topliss-reactive ketones (excluding diaryl/α,β-unsaturated/α-hetero) is 1. The number of nitrogens with zero attached hydrogens (tertiary/aromatic N) is 2. The van der Waals surface area contributed by atoms with E-state index in [2.05, 4.69) is 9.97 Å². The molecule has 0 aliphatic heterocycles. The molecule has 3 rings (SSSR count). The predicted molar refractivity (Wildman–Crippen MR) is 85.3 cm³/mol. The van der Waals surface area contributed by atoms with Crippen molar-refractivity contribution >= 4 is 22.5 Å². The molecule has 1 aromatic heterocycles. The van der Waals surface area contributed by atoms with E-state index in [0.717, 1.165) is 10.8 Å². The zero-order valence-electron chi connectivity index (χ0n) is 12.5. The van der Waals surface area contributed by atoms with Gasteiger partial charge in [-0.05, 0) is 23.8 Å². The zero-order chi connectivity index (χ0) is 16.2. The van der Waals surface area contributed by atoms with E-state index in [1.54, 1.807) is 19.1 Å². The Balaban J connectivity index is 1.68. The number of ether oxygens (including phenoxy) is 1. The first-order valence-corrected chi connectivity index (χ1v) is 7.11. The minimum atomic E-state index is -0.661. The largest absolute Gasteiger partial charge is 0.453 e. The van der Waals surface area contributed by atoms with Gasteiger partial charge in [-0.2, -0.15) is 0 Å². The van der Waals surface area contributed by atoms with Crippen molar-refractivity contribution in [2.75, 3.05) is 6.61 Å². The number of fused-ring (bicyclic) bond motifs is 1. The molecule has 0 saturated carbocycles. The minimum absolute atomic E-state index is 0.0851. The molecule has 0 aliphatic rings. The van der Waals surface area contributed by atoms with Gasteiger partial charge in [-0.1, -0.05) is 36.4 Å². The van der Waals surface area contributed by atoms with Gasteiger partial charge >= 0.3 is 5.97 Å². The molecule has 0 saturated heterocycles. The summed E-state index contributed by atoms with van der Waals surface area (Å²) in [5.74, 6) is -0.921. The van der Waals surface area contributed by atoms with Crippen LogP contribution < -0.4 is 0 Å². The predicted octanol–water partition coefficient (Wildman–Crippen LogP) is 2.98. The molecule has 0 amide bonds. The van der Waals surface area contributed by atoms with E-state index in [-0.39, 0.29) is 18.1 Å². The number of ketones is 1. The van der Waals surface area contributed by atoms with Gasteiger partial charge in [0.25, 0.3) is 0 Å². The third kappa shape index (κ3) is 3.40. The third-order valence-electron chi connectivity index (χ3n) is 3.40. The Morgan fingerprint density at radius 2 is 1.78 bits per heavy atom. The monoisotopic (exact) mass is 306 g/mol. The lowest BCUT2D eigenvalue weighted by molar-refractivity contribution is 0.0468. The van der Waals surface area contributed by atoms with E-state index >= 15 is 0 Å². The van der Waals surface area contributed by atoms with Gasteiger partial charge in [0.05, 0.1) is 11.9 Å². The fourth-order valence-electron chi connectivity index (χ4n) is 2.15. The van der Waals surface area contributed by atoms with Gasteiger partial charge < -0.3 is 4.74 Å². The number of aromatic nitrogens is 2. The van der Waals surface area contributed by atoms with Crippen molar-refractivity contribution in [2.24, 2.45) is 0 Å². The van der Waals surface area contributed by atoms with Crippen molar-refractivity contribution in [2.45, 2.75) is 6.92 Å². The van der Waals surface area contributed by atoms with E-state index in [1.807, 2.05) is 30.3 Å². The van der Waals surface area contributed by atoms with E-state index in [4.69, 9.17) is 4.74 Å². The highest BCUT2D eigenvalue weighted by Crippen LogP contribution is 2.16. The lowest BCUT2D eigenvalue weighted by Gasteiger charge is -2.05. The number of aryl methyl sites for hydroxylation is 1. The summed E-state index contributed by atoms with van der Waals surface area (Å²) in [6.45, 7) is 1.44. The van der Waals surface area contributed by atoms with E-state index < -0.39 is 5.97 Å². The molecule has 0 fully saturated rings. The molecule has 0 atom stereocenters. The maximum absolute atomic E-state index is 12.2. The summed E-state index contributed by atoms with van der Waals surface area (Å²) in [6, 6.07) is 13.1. The van der Waals surface area contributed by atoms with Gasteiger partial charge in [-0.15, -0.1) is 0 Å². The fourth-order valence-corrected chi connectivity index (χ4v) is 2.15. The highest BCUT2D eigenvalue weighted by molar-refractivity contribution is 6.01. The van der Waals surface area contributed by atoms with Crippen LogP contribution in [0.5, 0.6) is 0 Å². The normalized spacial score (nSPS) is 10.5. The van der Waals surface area contributed by atoms with Crippen LogP contribution in [0.2, 0.25) is 0 Å². The molecule has 23 heavy (non-hydrogen) atoms. The van der Waals surface area contributed by atoms with E-state index in [1.165, 1.54) is 12.4 Å². The number of carbonyl (C=O) groups excluding carboxylic acids is 2. The zero-order valence-corrected chi connectivity index (χ0v) is 12.5. The first-order valence-electron chi connectivity index (χ1n) is 7.11. The number of benzene rings is 2. The summed E-state index contributed by atoms with van der Waals surface area (Å²) < 4.78 is 5.01. The Kier molecular flexibility index (Phi) is 4.10. The first-order chi connectivity index (χ1) is 11.1. The van der Waals surface area contributed by atoms with Gasteiger partial charge in [-0.25, -0.2) is 9.78 Å². The van der Waals surface area contributed by atoms with Crippen LogP contribution in [0.1, 0.15) is 26.5 Å². The fraction of sp³-hybridized carbons (Fsp3) is 0.111. The lowest BCUT2D eigenvalue weighted by Crippen LogP contribution is -2.15. The number of rotatable bonds is 4. The van der Waals surface area contributed by atoms with Gasteiger partial charge in [0, 0.05) is 11.8 Å². The number of hydrogen-bond acceptors (Lipinski definition) is 5. The van der Waals surface area contributed by atoms with Crippen molar-refractivity contribution in [1.29, 1.82) is 0 Å². The molecular weight excluding hydrogens is 292 g/mol. The summed E-state index contributed by atoms with van der Waals surface area (Å²) in [5, 5.41) is 2.02. The molecule has 0 unspecified atom stereocenters. The molecule has 0 spiro atoms. The van der Waals surface area contributed by atoms with Crippen LogP contribution >= 0.6 is 0 Å². The van der Waals surface area contributed by atoms with E-state index in [9.17, 15) is 9.59 Å². The molecule has 0 aliphatic carbocycles. The Hall–Kier alpha value is -3.08. The molecular formula is C18H14N2O3. The summed E-state index contributed by atoms with van der Waals surface area (Å²) >= 11 is 0. The smallest absolute Gasteiger partial charge is 0.358 e. The Bertz CT molecular complexity index is 873. The van der Waals surface area contributed by atoms with Gasteiger partial charge in [0.2, 0.25) is 0 Å². The maximum atomic E-state index is 12.2. The highest BCUT2D eigenvalue weighted by Gasteiger charge is 2.13. The highest BCUT2D eigenvalue weighted by atomic mass is 16.5. The topological polar surface area (TPSA) is 69.2 Å². The quantitative estimate of drug-likeness (QED) is 0.547. The number of carbonyl (C=O) groups is 2. The van der Waals surface area contributed by atoms with Gasteiger partial charge in [-0.3, -0.25) is 9.78 Å². The molecule has 0 radical (unpaired) electrons. The van der Waals surface area contributed by atoms with Crippen molar-refractivity contribution in [1.82, 2.24) is 9.97 Å². The Morgan fingerprint density at radius 1 is 1.00 bits per heavy atom. The molecule has 114 valence electrons. The van der Waals surface area contributed by atoms with Crippen LogP contribution in [0.3, 0.4) is 0 Å². The molecule has 3 aromatic rings. The second-order valence-electron chi connectivity index (χ2n) is 5.10. The maximum Gasteiger partial charge on any atom is 0.358 e. The molecule has 0 bridgehead atoms. The van der Waals surface area contributed by atoms with Gasteiger partial charge in [0.1, 0.15) is 0 Å². The van der Waals surface area contributed by atoms with Crippen molar-refractivity contribution < 1.29 is 14.3 Å². The SMILES string of the molecule is Cc1cnc(C(=O)OCC(=O)c2ccc3ccccc3c2)cn1. The van der Waals surface area contributed by atoms with E-state index in [0.29, 0.717) is 11.3 Å². The molecule has 1 heterocycles. The molecule has 0 N–H and O–H groups in total. The van der Waals surface area contributed by atoms with Crippen molar-refractivity contribution in [3.63, 3.8) is 0 Å². The summed E-state index contributed by atoms with van der Waals surface area (Å²) in [5.41, 5.74) is 1.29. The number of hydrogen-bond donors (Lipinski definition) is 0. The van der Waals surface area contributed by atoms with Crippen LogP contribution in [0.4, 0.5) is 0 Å². The lowest BCUT2D eigenvalue weighted by atomic mass is 10.0. The second kappa shape index (κ2) is 6.36. The van der Waals surface area contributed by atoms with Crippen LogP contribution in [-0.2, 0) is 4.74 Å². The summed E-state index contributed by atoms with van der Waals surface area (Å²) in [6.07, 6.45) is 2.81. The van der Waals surface area contributed by atoms with Crippen LogP contribution in [-0.4, -0.2) is 28.3 Å². The molecule has 5 nitrogen and oxygen atoms in total. The van der Waals surface area contributed by atoms with Crippen LogP contribution in [0.15, 0.2) is 54.9 Å². The van der Waals surface area contributed by atoms with Crippen molar-refractivity contribution in [3.05, 3.63) is 71.8 Å².